The molecule has 0 aliphatic heterocycles. The first-order valence-corrected chi connectivity index (χ1v) is 8.09. The van der Waals surface area contributed by atoms with E-state index in [1.165, 1.54) is 17.4 Å². The molecule has 0 radical (unpaired) electrons. The second kappa shape index (κ2) is 5.68. The number of nitrogens with zero attached hydrogens (tertiary/aromatic N) is 1. The molecule has 0 amide bonds. The predicted molar refractivity (Wildman–Crippen MR) is 76.8 cm³/mol. The Morgan fingerprint density at radius 3 is 2.74 bits per heavy atom. The summed E-state index contributed by atoms with van der Waals surface area (Å²) in [6.07, 6.45) is 1.55. The Hall–Kier alpha value is -1.44. The zero-order valence-corrected chi connectivity index (χ0v) is 12.3. The van der Waals surface area contributed by atoms with Gasteiger partial charge in [0.1, 0.15) is 10.7 Å². The molecule has 5 nitrogen and oxygen atoms in total. The average molecular weight is 297 g/mol. The fraction of sp³-hybridized carbons (Fsp3) is 0.250. The number of sulfonamides is 1. The minimum atomic E-state index is -3.60. The van der Waals surface area contributed by atoms with Crippen molar-refractivity contribution in [2.75, 3.05) is 12.4 Å². The lowest BCUT2D eigenvalue weighted by atomic mass is 10.3. The molecule has 102 valence electrons. The first-order valence-electron chi connectivity index (χ1n) is 5.73. The number of rotatable bonds is 5. The summed E-state index contributed by atoms with van der Waals surface area (Å²) in [5.41, 5.74) is 0. The van der Waals surface area contributed by atoms with Gasteiger partial charge in [-0.2, -0.15) is 0 Å². The lowest BCUT2D eigenvalue weighted by molar-refractivity contribution is 0.568. The van der Waals surface area contributed by atoms with E-state index in [-0.39, 0.29) is 10.9 Å². The van der Waals surface area contributed by atoms with E-state index in [0.29, 0.717) is 5.82 Å². The van der Waals surface area contributed by atoms with Gasteiger partial charge in [-0.15, -0.1) is 11.3 Å². The van der Waals surface area contributed by atoms with Crippen molar-refractivity contribution in [1.82, 2.24) is 9.71 Å². The summed E-state index contributed by atoms with van der Waals surface area (Å²) in [6, 6.07) is 6.66. The third kappa shape index (κ3) is 3.12. The van der Waals surface area contributed by atoms with Crippen LogP contribution in [0.2, 0.25) is 0 Å². The summed E-state index contributed by atoms with van der Waals surface area (Å²) >= 11 is 1.52. The molecule has 19 heavy (non-hydrogen) atoms. The minimum Gasteiger partial charge on any atom is -0.372 e. The molecule has 0 aliphatic carbocycles. The van der Waals surface area contributed by atoms with Gasteiger partial charge in [-0.25, -0.2) is 18.1 Å². The van der Waals surface area contributed by atoms with E-state index in [1.54, 1.807) is 19.3 Å². The van der Waals surface area contributed by atoms with Crippen LogP contribution in [0.3, 0.4) is 0 Å². The second-order valence-electron chi connectivity index (χ2n) is 3.96. The average Bonchev–Trinajstić information content (AvgIpc) is 2.92. The third-order valence-corrected chi connectivity index (χ3v) is 5.23. The molecule has 0 aliphatic rings. The molecular weight excluding hydrogens is 282 g/mol. The summed E-state index contributed by atoms with van der Waals surface area (Å²) in [6.45, 7) is 1.82. The van der Waals surface area contributed by atoms with Gasteiger partial charge >= 0.3 is 0 Å². The topological polar surface area (TPSA) is 71.1 Å². The number of nitrogens with one attached hydrogen (secondary N) is 2. The van der Waals surface area contributed by atoms with Crippen molar-refractivity contribution in [1.29, 1.82) is 0 Å². The monoisotopic (exact) mass is 297 g/mol. The van der Waals surface area contributed by atoms with Gasteiger partial charge in [-0.1, -0.05) is 6.07 Å². The predicted octanol–water partition coefficient (Wildman–Crippen LogP) is 2.22. The lowest BCUT2D eigenvalue weighted by Gasteiger charge is -2.14. The number of anilines is 1. The highest BCUT2D eigenvalue weighted by atomic mass is 32.2. The van der Waals surface area contributed by atoms with Crippen LogP contribution in [0.25, 0.3) is 0 Å². The summed E-state index contributed by atoms with van der Waals surface area (Å²) in [4.78, 5) is 5.13. The Kier molecular flexibility index (Phi) is 4.18. The van der Waals surface area contributed by atoms with Crippen molar-refractivity contribution < 1.29 is 8.42 Å². The maximum absolute atomic E-state index is 12.3. The molecule has 0 saturated heterocycles. The first-order chi connectivity index (χ1) is 9.04. The normalized spacial score (nSPS) is 13.2. The van der Waals surface area contributed by atoms with Crippen molar-refractivity contribution in [2.45, 2.75) is 17.9 Å². The highest BCUT2D eigenvalue weighted by Crippen LogP contribution is 2.23. The van der Waals surface area contributed by atoms with Crippen LogP contribution in [0.1, 0.15) is 17.8 Å². The Bertz CT molecular complexity index is 639. The molecule has 2 N–H and O–H groups in total. The third-order valence-electron chi connectivity index (χ3n) is 2.60. The molecule has 2 aromatic heterocycles. The van der Waals surface area contributed by atoms with Gasteiger partial charge in [0.2, 0.25) is 10.0 Å². The van der Waals surface area contributed by atoms with E-state index in [1.807, 2.05) is 24.4 Å². The van der Waals surface area contributed by atoms with E-state index in [4.69, 9.17) is 0 Å². The van der Waals surface area contributed by atoms with Crippen LogP contribution in [0, 0.1) is 0 Å². The molecule has 1 atom stereocenters. The lowest BCUT2D eigenvalue weighted by Crippen LogP contribution is -2.27. The van der Waals surface area contributed by atoms with E-state index in [9.17, 15) is 8.42 Å². The quantitative estimate of drug-likeness (QED) is 0.888. The van der Waals surface area contributed by atoms with Gasteiger partial charge in [0.25, 0.3) is 0 Å². The van der Waals surface area contributed by atoms with Gasteiger partial charge in [-0.3, -0.25) is 0 Å². The summed E-state index contributed by atoms with van der Waals surface area (Å²) in [5.74, 6) is 0.341. The van der Waals surface area contributed by atoms with Crippen LogP contribution in [-0.4, -0.2) is 20.4 Å². The number of hydrogen-bond acceptors (Lipinski definition) is 5. The zero-order chi connectivity index (χ0) is 13.9. The standard InChI is InChI=1S/C12H15N3O2S2/c1-9(10-5-4-8-18-10)15-19(16,17)11-6-3-7-14-12(11)13-2/h3-9,15H,1-2H3,(H,13,14). The molecule has 2 heterocycles. The van der Waals surface area contributed by atoms with Crippen LogP contribution in [0.4, 0.5) is 5.82 Å². The highest BCUT2D eigenvalue weighted by molar-refractivity contribution is 7.89. The van der Waals surface area contributed by atoms with Gasteiger partial charge in [0.15, 0.2) is 0 Å². The van der Waals surface area contributed by atoms with Gasteiger partial charge < -0.3 is 5.32 Å². The van der Waals surface area contributed by atoms with Crippen LogP contribution >= 0.6 is 11.3 Å². The largest absolute Gasteiger partial charge is 0.372 e. The number of aromatic nitrogens is 1. The van der Waals surface area contributed by atoms with Crippen LogP contribution in [-0.2, 0) is 10.0 Å². The smallest absolute Gasteiger partial charge is 0.244 e. The minimum absolute atomic E-state index is 0.154. The Morgan fingerprint density at radius 2 is 2.11 bits per heavy atom. The number of pyridine rings is 1. The van der Waals surface area contributed by atoms with E-state index >= 15 is 0 Å². The molecule has 7 heteroatoms. The van der Waals surface area contributed by atoms with Crippen molar-refractivity contribution in [3.8, 4) is 0 Å². The van der Waals surface area contributed by atoms with Gasteiger partial charge in [0.05, 0.1) is 6.04 Å². The highest BCUT2D eigenvalue weighted by Gasteiger charge is 2.22. The molecular formula is C12H15N3O2S2. The fourth-order valence-corrected chi connectivity index (χ4v) is 3.88. The molecule has 0 saturated carbocycles. The maximum Gasteiger partial charge on any atom is 0.244 e. The summed E-state index contributed by atoms with van der Waals surface area (Å²) in [7, 11) is -1.95. The van der Waals surface area contributed by atoms with Gasteiger partial charge in [-0.05, 0) is 30.5 Å². The van der Waals surface area contributed by atoms with Crippen molar-refractivity contribution in [3.63, 3.8) is 0 Å². The van der Waals surface area contributed by atoms with Crippen molar-refractivity contribution in [2.24, 2.45) is 0 Å². The molecule has 0 spiro atoms. The fourth-order valence-electron chi connectivity index (χ4n) is 1.69. The molecule has 1 unspecified atom stereocenters. The van der Waals surface area contributed by atoms with Crippen LogP contribution < -0.4 is 10.0 Å². The molecule has 2 rings (SSSR count). The van der Waals surface area contributed by atoms with E-state index in [0.717, 1.165) is 4.88 Å². The number of thiophene rings is 1. The van der Waals surface area contributed by atoms with Gasteiger partial charge in [0, 0.05) is 18.1 Å². The molecule has 0 fully saturated rings. The van der Waals surface area contributed by atoms with Crippen molar-refractivity contribution >= 4 is 27.2 Å². The van der Waals surface area contributed by atoms with Crippen LogP contribution in [0.5, 0.6) is 0 Å². The van der Waals surface area contributed by atoms with E-state index < -0.39 is 10.0 Å². The van der Waals surface area contributed by atoms with Crippen LogP contribution in [0.15, 0.2) is 40.7 Å². The molecule has 0 bridgehead atoms. The Balaban J connectivity index is 2.28. The first kappa shape index (κ1) is 14.0. The zero-order valence-electron chi connectivity index (χ0n) is 10.6. The maximum atomic E-state index is 12.3. The Labute approximate surface area is 116 Å². The SMILES string of the molecule is CNc1ncccc1S(=O)(=O)NC(C)c1cccs1. The summed E-state index contributed by atoms with van der Waals surface area (Å²) in [5, 5.41) is 4.70. The second-order valence-corrected chi connectivity index (χ2v) is 6.62. The molecule has 0 aromatic carbocycles. The number of hydrogen-bond donors (Lipinski definition) is 2. The van der Waals surface area contributed by atoms with Crippen molar-refractivity contribution in [3.05, 3.63) is 40.7 Å². The molecule has 2 aromatic rings. The summed E-state index contributed by atoms with van der Waals surface area (Å²) < 4.78 is 27.3. The Morgan fingerprint density at radius 1 is 1.32 bits per heavy atom. The van der Waals surface area contributed by atoms with E-state index in [2.05, 4.69) is 15.0 Å².